The summed E-state index contributed by atoms with van der Waals surface area (Å²) >= 11 is 0. The van der Waals surface area contributed by atoms with Crippen molar-refractivity contribution in [3.05, 3.63) is 83.5 Å². The van der Waals surface area contributed by atoms with Crippen LogP contribution in [0.3, 0.4) is 0 Å². The fourth-order valence-corrected chi connectivity index (χ4v) is 2.87. The molecular weight excluding hydrogens is 394 g/mol. The number of hydrogen-bond donors (Lipinski definition) is 0. The largest absolute Gasteiger partial charge is 0.482 e. The minimum Gasteiger partial charge on any atom is -0.482 e. The second kappa shape index (κ2) is 8.24. The highest BCUT2D eigenvalue weighted by atomic mass is 19.1. The lowest BCUT2D eigenvalue weighted by Crippen LogP contribution is -2.26. The quantitative estimate of drug-likeness (QED) is 0.482. The third-order valence-electron chi connectivity index (χ3n) is 4.34. The lowest BCUT2D eigenvalue weighted by Gasteiger charge is -2.15. The van der Waals surface area contributed by atoms with Crippen LogP contribution in [0, 0.1) is 11.6 Å². The molecule has 4 aromatic rings. The molecule has 2 heterocycles. The Labute approximate surface area is 169 Å². The summed E-state index contributed by atoms with van der Waals surface area (Å²) in [6.45, 7) is 0.181. The highest BCUT2D eigenvalue weighted by molar-refractivity contribution is 5.92. The molecule has 2 aromatic heterocycles. The molecule has 0 aliphatic rings. The van der Waals surface area contributed by atoms with Gasteiger partial charge in [-0.1, -0.05) is 11.2 Å². The molecule has 2 aromatic carbocycles. The van der Waals surface area contributed by atoms with Crippen molar-refractivity contribution in [2.75, 3.05) is 7.05 Å². The van der Waals surface area contributed by atoms with E-state index in [1.807, 2.05) is 18.2 Å². The topological polar surface area (TPSA) is 81.4 Å². The number of fused-ring (bicyclic) bond motifs is 1. The molecule has 4 rings (SSSR count). The van der Waals surface area contributed by atoms with Crippen molar-refractivity contribution in [1.29, 1.82) is 0 Å². The number of ether oxygens (including phenoxy) is 1. The first-order chi connectivity index (χ1) is 14.5. The first-order valence-corrected chi connectivity index (χ1v) is 8.98. The van der Waals surface area contributed by atoms with Crippen LogP contribution in [0.25, 0.3) is 11.0 Å². The van der Waals surface area contributed by atoms with E-state index in [9.17, 15) is 13.6 Å². The number of hydrogen-bond acceptors (Lipinski definition) is 6. The van der Waals surface area contributed by atoms with Gasteiger partial charge in [-0.15, -0.1) is 0 Å². The molecule has 0 bridgehead atoms. The smallest absolute Gasteiger partial charge is 0.276 e. The van der Waals surface area contributed by atoms with Crippen LogP contribution in [0.15, 0.2) is 59.4 Å². The zero-order valence-corrected chi connectivity index (χ0v) is 15.9. The second-order valence-corrected chi connectivity index (χ2v) is 6.58. The van der Waals surface area contributed by atoms with Crippen molar-refractivity contribution in [2.45, 2.75) is 13.2 Å². The van der Waals surface area contributed by atoms with Gasteiger partial charge in [-0.05, 0) is 29.8 Å². The molecule has 0 fully saturated rings. The Hall–Kier alpha value is -3.88. The summed E-state index contributed by atoms with van der Waals surface area (Å²) in [4.78, 5) is 22.6. The lowest BCUT2D eigenvalue weighted by molar-refractivity contribution is 0.0774. The molecule has 0 saturated heterocycles. The Bertz CT molecular complexity index is 1210. The zero-order valence-electron chi connectivity index (χ0n) is 15.9. The first kappa shape index (κ1) is 19.4. The molecule has 0 N–H and O–H groups in total. The van der Waals surface area contributed by atoms with Crippen LogP contribution in [0.1, 0.15) is 21.8 Å². The first-order valence-electron chi connectivity index (χ1n) is 8.98. The number of rotatable bonds is 6. The Kier molecular flexibility index (Phi) is 5.34. The number of amides is 1. The predicted molar refractivity (Wildman–Crippen MR) is 103 cm³/mol. The molecule has 0 aliphatic carbocycles. The lowest BCUT2D eigenvalue weighted by atomic mass is 10.2. The van der Waals surface area contributed by atoms with Crippen molar-refractivity contribution < 1.29 is 22.8 Å². The summed E-state index contributed by atoms with van der Waals surface area (Å²) < 4.78 is 36.9. The second-order valence-electron chi connectivity index (χ2n) is 6.58. The fraction of sp³-hybridized carbons (Fsp3) is 0.143. The van der Waals surface area contributed by atoms with Gasteiger partial charge in [0.05, 0.1) is 11.0 Å². The van der Waals surface area contributed by atoms with Gasteiger partial charge in [0.15, 0.2) is 23.0 Å². The number of nitrogens with zero attached hydrogens (tertiary/aromatic N) is 4. The minimum atomic E-state index is -0.828. The summed E-state index contributed by atoms with van der Waals surface area (Å²) in [7, 11) is 1.64. The number of carbonyl (C=O) groups excluding carboxylic acids is 1. The Morgan fingerprint density at radius 2 is 1.87 bits per heavy atom. The van der Waals surface area contributed by atoms with Gasteiger partial charge in [-0.2, -0.15) is 0 Å². The van der Waals surface area contributed by atoms with Gasteiger partial charge < -0.3 is 14.2 Å². The van der Waals surface area contributed by atoms with Crippen molar-refractivity contribution in [1.82, 2.24) is 20.0 Å². The maximum absolute atomic E-state index is 13.6. The van der Waals surface area contributed by atoms with E-state index in [0.29, 0.717) is 6.54 Å². The summed E-state index contributed by atoms with van der Waals surface area (Å²) in [5, 5.41) is 3.76. The monoisotopic (exact) mass is 410 g/mol. The third kappa shape index (κ3) is 4.24. The minimum absolute atomic E-state index is 0.0938. The van der Waals surface area contributed by atoms with Gasteiger partial charge >= 0.3 is 0 Å². The van der Waals surface area contributed by atoms with E-state index in [2.05, 4.69) is 15.1 Å². The molecule has 0 spiro atoms. The van der Waals surface area contributed by atoms with Gasteiger partial charge in [0, 0.05) is 38.1 Å². The van der Waals surface area contributed by atoms with Gasteiger partial charge in [0.25, 0.3) is 5.91 Å². The maximum atomic E-state index is 13.6. The van der Waals surface area contributed by atoms with Gasteiger partial charge in [0.2, 0.25) is 0 Å². The van der Waals surface area contributed by atoms with Gasteiger partial charge in [0.1, 0.15) is 12.4 Å². The molecule has 0 atom stereocenters. The molecule has 0 aliphatic heterocycles. The van der Waals surface area contributed by atoms with Crippen LogP contribution in [-0.2, 0) is 13.2 Å². The van der Waals surface area contributed by atoms with E-state index in [1.54, 1.807) is 19.4 Å². The summed E-state index contributed by atoms with van der Waals surface area (Å²) in [5.74, 6) is -1.77. The Morgan fingerprint density at radius 1 is 1.07 bits per heavy atom. The Balaban J connectivity index is 1.39. The molecule has 30 heavy (non-hydrogen) atoms. The number of benzene rings is 2. The molecule has 0 unspecified atom stereocenters. The molecule has 9 heteroatoms. The highest BCUT2D eigenvalue weighted by Gasteiger charge is 2.18. The highest BCUT2D eigenvalue weighted by Crippen LogP contribution is 2.20. The SMILES string of the molecule is CN(Cc1ccc2nccnc2c1)C(=O)c1cc(COc2ccc(F)cc2F)on1. The van der Waals surface area contributed by atoms with Crippen molar-refractivity contribution in [2.24, 2.45) is 0 Å². The molecular formula is C21H16F2N4O3. The molecule has 152 valence electrons. The molecule has 1 amide bonds. The standard InChI is InChI=1S/C21H16F2N4O3/c1-27(11-13-2-4-17-18(8-13)25-7-6-24-17)21(28)19-10-15(30-26-19)12-29-20-5-3-14(22)9-16(20)23/h2-10H,11-12H2,1H3. The van der Waals surface area contributed by atoms with E-state index in [-0.39, 0.29) is 29.7 Å². The summed E-state index contributed by atoms with van der Waals surface area (Å²) in [6, 6.07) is 9.99. The molecule has 0 radical (unpaired) electrons. The van der Waals surface area contributed by atoms with Crippen LogP contribution in [-0.4, -0.2) is 33.0 Å². The normalized spacial score (nSPS) is 10.9. The zero-order chi connectivity index (χ0) is 21.1. The number of aromatic nitrogens is 3. The van der Waals surface area contributed by atoms with Gasteiger partial charge in [-0.3, -0.25) is 14.8 Å². The molecule has 7 nitrogen and oxygen atoms in total. The van der Waals surface area contributed by atoms with Crippen molar-refractivity contribution in [3.63, 3.8) is 0 Å². The van der Waals surface area contributed by atoms with E-state index in [0.717, 1.165) is 28.7 Å². The van der Waals surface area contributed by atoms with Crippen LogP contribution in [0.4, 0.5) is 8.78 Å². The average Bonchev–Trinajstić information content (AvgIpc) is 3.21. The van der Waals surface area contributed by atoms with Crippen LogP contribution >= 0.6 is 0 Å². The maximum Gasteiger partial charge on any atom is 0.276 e. The van der Waals surface area contributed by atoms with Crippen LogP contribution in [0.5, 0.6) is 5.75 Å². The summed E-state index contributed by atoms with van der Waals surface area (Å²) in [5.41, 5.74) is 2.49. The third-order valence-corrected chi connectivity index (χ3v) is 4.34. The Morgan fingerprint density at radius 3 is 2.67 bits per heavy atom. The van der Waals surface area contributed by atoms with Crippen LogP contribution in [0.2, 0.25) is 0 Å². The number of carbonyl (C=O) groups is 1. The average molecular weight is 410 g/mol. The van der Waals surface area contributed by atoms with Crippen molar-refractivity contribution >= 4 is 16.9 Å². The van der Waals surface area contributed by atoms with Crippen LogP contribution < -0.4 is 4.74 Å². The predicted octanol–water partition coefficient (Wildman–Crippen LogP) is 3.75. The van der Waals surface area contributed by atoms with E-state index >= 15 is 0 Å². The number of halogens is 2. The summed E-state index contributed by atoms with van der Waals surface area (Å²) in [6.07, 6.45) is 3.23. The molecule has 0 saturated carbocycles. The van der Waals surface area contributed by atoms with Gasteiger partial charge in [-0.25, -0.2) is 8.78 Å². The fourth-order valence-electron chi connectivity index (χ4n) is 2.87. The van der Waals surface area contributed by atoms with E-state index < -0.39 is 11.6 Å². The van der Waals surface area contributed by atoms with Crippen molar-refractivity contribution in [3.8, 4) is 5.75 Å². The van der Waals surface area contributed by atoms with E-state index in [1.165, 1.54) is 17.0 Å². The van der Waals surface area contributed by atoms with E-state index in [4.69, 9.17) is 9.26 Å².